The molecule has 7 nitrogen and oxygen atoms in total. The Hall–Kier alpha value is -3.10. The number of rotatable bonds is 5. The Morgan fingerprint density at radius 1 is 1.16 bits per heavy atom. The lowest BCUT2D eigenvalue weighted by Crippen LogP contribution is -2.37. The van der Waals surface area contributed by atoms with Crippen molar-refractivity contribution in [3.05, 3.63) is 58.7 Å². The fourth-order valence-corrected chi connectivity index (χ4v) is 4.37. The van der Waals surface area contributed by atoms with Crippen molar-refractivity contribution in [1.29, 1.82) is 0 Å². The van der Waals surface area contributed by atoms with Gasteiger partial charge in [-0.3, -0.25) is 19.1 Å². The van der Waals surface area contributed by atoms with E-state index >= 15 is 0 Å². The number of methoxy groups -OCH3 is 2. The highest BCUT2D eigenvalue weighted by atomic mass is 19.1. The third-order valence-electron chi connectivity index (χ3n) is 6.20. The molecule has 8 heteroatoms. The number of imidazole rings is 1. The first-order valence-corrected chi connectivity index (χ1v) is 10.2. The van der Waals surface area contributed by atoms with E-state index in [1.807, 2.05) is 16.7 Å². The van der Waals surface area contributed by atoms with Gasteiger partial charge in [-0.25, -0.2) is 9.18 Å². The maximum Gasteiger partial charge on any atom is 0.329 e. The summed E-state index contributed by atoms with van der Waals surface area (Å²) in [6.45, 7) is 0.394. The van der Waals surface area contributed by atoms with Gasteiger partial charge in [0, 0.05) is 56.1 Å². The van der Waals surface area contributed by atoms with Gasteiger partial charge in [0.15, 0.2) is 0 Å². The molecule has 1 aliphatic carbocycles. The van der Waals surface area contributed by atoms with Gasteiger partial charge in [0.1, 0.15) is 5.82 Å². The summed E-state index contributed by atoms with van der Waals surface area (Å²) in [5, 5.41) is 0.744. The maximum absolute atomic E-state index is 15.0. The minimum atomic E-state index is -0.381. The molecule has 0 aliphatic heterocycles. The molecule has 1 fully saturated rings. The molecule has 0 amide bonds. The number of pyridine rings is 2. The van der Waals surface area contributed by atoms with Gasteiger partial charge < -0.3 is 9.47 Å². The van der Waals surface area contributed by atoms with E-state index in [0.717, 1.165) is 35.0 Å². The normalized spacial score (nSPS) is 18.6. The fraction of sp³-hybridized carbons (Fsp3) is 0.348. The number of nitrogens with zero attached hydrogens (tertiary/aromatic N) is 4. The second-order valence-corrected chi connectivity index (χ2v) is 8.01. The molecule has 4 aromatic rings. The van der Waals surface area contributed by atoms with E-state index in [1.165, 1.54) is 6.07 Å². The van der Waals surface area contributed by atoms with Gasteiger partial charge in [-0.05, 0) is 25.0 Å². The lowest BCUT2D eigenvalue weighted by atomic mass is 9.89. The molecule has 1 saturated carbocycles. The molecule has 3 aromatic heterocycles. The van der Waals surface area contributed by atoms with Crippen LogP contribution in [0.2, 0.25) is 0 Å². The van der Waals surface area contributed by atoms with Crippen LogP contribution in [0.5, 0.6) is 0 Å². The minimum absolute atomic E-state index is 0.0512. The van der Waals surface area contributed by atoms with Crippen LogP contribution in [0.25, 0.3) is 33.1 Å². The molecule has 160 valence electrons. The summed E-state index contributed by atoms with van der Waals surface area (Å²) in [6, 6.07) is 6.89. The number of hydrogen-bond acceptors (Lipinski definition) is 5. The second kappa shape index (κ2) is 7.55. The largest absolute Gasteiger partial charge is 0.381 e. The predicted octanol–water partition coefficient (Wildman–Crippen LogP) is 3.59. The average Bonchev–Trinajstić information content (AvgIpc) is 2.99. The van der Waals surface area contributed by atoms with E-state index in [0.29, 0.717) is 23.3 Å². The number of halogens is 1. The van der Waals surface area contributed by atoms with Crippen LogP contribution < -0.4 is 5.69 Å². The summed E-state index contributed by atoms with van der Waals surface area (Å²) in [5.41, 5.74) is 3.77. The molecule has 0 bridgehead atoms. The van der Waals surface area contributed by atoms with Crippen LogP contribution in [0.3, 0.4) is 0 Å². The number of ether oxygens (including phenoxy) is 2. The fourth-order valence-electron chi connectivity index (χ4n) is 4.37. The van der Waals surface area contributed by atoms with Crippen molar-refractivity contribution in [2.45, 2.75) is 31.6 Å². The van der Waals surface area contributed by atoms with Crippen LogP contribution >= 0.6 is 0 Å². The molecule has 31 heavy (non-hydrogen) atoms. The topological polar surface area (TPSA) is 71.2 Å². The van der Waals surface area contributed by atoms with E-state index in [9.17, 15) is 9.18 Å². The van der Waals surface area contributed by atoms with Gasteiger partial charge in [-0.1, -0.05) is 6.07 Å². The third kappa shape index (κ3) is 3.14. The molecule has 0 N–H and O–H groups in total. The van der Waals surface area contributed by atoms with Crippen LogP contribution in [0.4, 0.5) is 4.39 Å². The van der Waals surface area contributed by atoms with Gasteiger partial charge in [-0.15, -0.1) is 0 Å². The van der Waals surface area contributed by atoms with E-state index in [4.69, 9.17) is 9.47 Å². The highest BCUT2D eigenvalue weighted by Gasteiger charge is 2.33. The van der Waals surface area contributed by atoms with Crippen LogP contribution in [-0.4, -0.2) is 39.4 Å². The first-order valence-electron chi connectivity index (χ1n) is 10.2. The van der Waals surface area contributed by atoms with E-state index in [2.05, 4.69) is 9.97 Å². The lowest BCUT2D eigenvalue weighted by Gasteiger charge is -2.34. The molecule has 0 spiro atoms. The first-order chi connectivity index (χ1) is 15.0. The Kier molecular flexibility index (Phi) is 4.83. The Morgan fingerprint density at radius 3 is 2.65 bits per heavy atom. The zero-order valence-electron chi connectivity index (χ0n) is 17.6. The van der Waals surface area contributed by atoms with Gasteiger partial charge in [-0.2, -0.15) is 0 Å². The summed E-state index contributed by atoms with van der Waals surface area (Å²) in [4.78, 5) is 21.8. The highest BCUT2D eigenvalue weighted by Crippen LogP contribution is 2.38. The lowest BCUT2D eigenvalue weighted by molar-refractivity contribution is 0.00635. The standard InChI is InChI=1S/C23H23FN4O3/c1-27-21-11-26-20-9-19(24)17(13-4-5-14(12-30-2)25-10-13)8-18(20)22(21)28(23(27)29)15-6-16(7-15)31-3/h4-5,8-11,15-16H,6-7,12H2,1-3H3. The molecule has 1 aromatic carbocycles. The quantitative estimate of drug-likeness (QED) is 0.492. The van der Waals surface area contributed by atoms with Gasteiger partial charge >= 0.3 is 5.69 Å². The molecule has 1 aliphatic rings. The number of fused-ring (bicyclic) bond motifs is 3. The highest BCUT2D eigenvalue weighted by molar-refractivity contribution is 6.04. The molecule has 5 rings (SSSR count). The smallest absolute Gasteiger partial charge is 0.329 e. The number of aromatic nitrogens is 4. The Balaban J connectivity index is 1.71. The Bertz CT molecular complexity index is 1340. The van der Waals surface area contributed by atoms with Crippen molar-refractivity contribution in [3.8, 4) is 11.1 Å². The van der Waals surface area contributed by atoms with Gasteiger partial charge in [0.05, 0.1) is 41.2 Å². The van der Waals surface area contributed by atoms with E-state index in [-0.39, 0.29) is 23.7 Å². The molecule has 0 saturated heterocycles. The average molecular weight is 422 g/mol. The summed E-state index contributed by atoms with van der Waals surface area (Å²) in [6.07, 6.45) is 4.99. The van der Waals surface area contributed by atoms with Gasteiger partial charge in [0.2, 0.25) is 0 Å². The maximum atomic E-state index is 15.0. The van der Waals surface area contributed by atoms with Crippen LogP contribution in [0.1, 0.15) is 24.6 Å². The summed E-state index contributed by atoms with van der Waals surface area (Å²) < 4.78 is 28.9. The van der Waals surface area contributed by atoms with Crippen LogP contribution in [0.15, 0.2) is 41.5 Å². The number of hydrogen-bond donors (Lipinski definition) is 0. The molecular formula is C23H23FN4O3. The van der Waals surface area contributed by atoms with Crippen molar-refractivity contribution in [2.24, 2.45) is 7.05 Å². The number of aryl methyl sites for hydroxylation is 1. The molecule has 0 unspecified atom stereocenters. The zero-order valence-corrected chi connectivity index (χ0v) is 17.6. The van der Waals surface area contributed by atoms with Crippen molar-refractivity contribution < 1.29 is 13.9 Å². The molecule has 0 radical (unpaired) electrons. The minimum Gasteiger partial charge on any atom is -0.381 e. The SMILES string of the molecule is COCc1ccc(-c2cc3c(cc2F)ncc2c3n(C3CC(OC)C3)c(=O)n2C)cn1. The van der Waals surface area contributed by atoms with Crippen molar-refractivity contribution >= 4 is 21.9 Å². The summed E-state index contributed by atoms with van der Waals surface area (Å²) in [5.74, 6) is -0.381. The molecule has 0 atom stereocenters. The van der Waals surface area contributed by atoms with Crippen LogP contribution in [0, 0.1) is 5.82 Å². The molecule has 3 heterocycles. The molecular weight excluding hydrogens is 399 g/mol. The van der Waals surface area contributed by atoms with E-state index < -0.39 is 0 Å². The predicted molar refractivity (Wildman–Crippen MR) is 115 cm³/mol. The van der Waals surface area contributed by atoms with Crippen LogP contribution in [-0.2, 0) is 23.1 Å². The zero-order chi connectivity index (χ0) is 21.7. The van der Waals surface area contributed by atoms with Gasteiger partial charge in [0.25, 0.3) is 0 Å². The third-order valence-corrected chi connectivity index (χ3v) is 6.20. The Labute approximate surface area is 178 Å². The van der Waals surface area contributed by atoms with E-state index in [1.54, 1.807) is 44.3 Å². The van der Waals surface area contributed by atoms with Crippen molar-refractivity contribution in [1.82, 2.24) is 19.1 Å². The number of benzene rings is 1. The Morgan fingerprint density at radius 2 is 1.97 bits per heavy atom. The van der Waals surface area contributed by atoms with Crippen molar-refractivity contribution in [3.63, 3.8) is 0 Å². The monoisotopic (exact) mass is 422 g/mol. The first kappa shape index (κ1) is 19.8. The second-order valence-electron chi connectivity index (χ2n) is 8.01. The summed E-state index contributed by atoms with van der Waals surface area (Å²) in [7, 11) is 5.03. The summed E-state index contributed by atoms with van der Waals surface area (Å²) >= 11 is 0. The van der Waals surface area contributed by atoms with Crippen molar-refractivity contribution in [2.75, 3.05) is 14.2 Å².